The standard InChI is InChI=1S/C13H20N2O2/c1-8-7-11(10(3)17-8)9(2)15-13(16)12-5-4-6-14-12/h7,9,12,14H,4-6H2,1-3H3,(H,15,16)/t9?,12-/m0/s1. The molecule has 1 saturated heterocycles. The molecule has 17 heavy (non-hydrogen) atoms. The molecule has 4 heteroatoms. The molecule has 2 heterocycles. The Morgan fingerprint density at radius 1 is 1.59 bits per heavy atom. The summed E-state index contributed by atoms with van der Waals surface area (Å²) in [7, 11) is 0. The van der Waals surface area contributed by atoms with Crippen molar-refractivity contribution < 1.29 is 9.21 Å². The van der Waals surface area contributed by atoms with E-state index in [1.807, 2.05) is 26.8 Å². The van der Waals surface area contributed by atoms with Crippen LogP contribution >= 0.6 is 0 Å². The number of hydrogen-bond donors (Lipinski definition) is 2. The summed E-state index contributed by atoms with van der Waals surface area (Å²) in [6.07, 6.45) is 2.01. The molecule has 1 aromatic heterocycles. The molecule has 0 radical (unpaired) electrons. The fraction of sp³-hybridized carbons (Fsp3) is 0.615. The minimum Gasteiger partial charge on any atom is -0.466 e. The van der Waals surface area contributed by atoms with Crippen LogP contribution in [-0.4, -0.2) is 18.5 Å². The Labute approximate surface area is 102 Å². The predicted molar refractivity (Wildman–Crippen MR) is 65.8 cm³/mol. The van der Waals surface area contributed by atoms with Crippen molar-refractivity contribution in [3.8, 4) is 0 Å². The normalized spacial score (nSPS) is 21.5. The second-order valence-corrected chi connectivity index (χ2v) is 4.75. The predicted octanol–water partition coefficient (Wildman–Crippen LogP) is 1.83. The van der Waals surface area contributed by atoms with Crippen LogP contribution in [0, 0.1) is 13.8 Å². The van der Waals surface area contributed by atoms with Crippen LogP contribution in [0.5, 0.6) is 0 Å². The molecule has 1 amide bonds. The number of aryl methyl sites for hydroxylation is 2. The molecule has 1 aliphatic rings. The van der Waals surface area contributed by atoms with E-state index in [4.69, 9.17) is 4.42 Å². The zero-order chi connectivity index (χ0) is 12.4. The largest absolute Gasteiger partial charge is 0.466 e. The number of rotatable bonds is 3. The lowest BCUT2D eigenvalue weighted by molar-refractivity contribution is -0.123. The Kier molecular flexibility index (Phi) is 3.52. The Balaban J connectivity index is 1.98. The first-order chi connectivity index (χ1) is 8.08. The summed E-state index contributed by atoms with van der Waals surface area (Å²) in [6.45, 7) is 6.78. The molecule has 2 N–H and O–H groups in total. The van der Waals surface area contributed by atoms with E-state index in [1.165, 1.54) is 0 Å². The molecule has 2 atom stereocenters. The monoisotopic (exact) mass is 236 g/mol. The summed E-state index contributed by atoms with van der Waals surface area (Å²) in [6, 6.07) is 1.97. The molecule has 0 saturated carbocycles. The van der Waals surface area contributed by atoms with Crippen molar-refractivity contribution in [2.24, 2.45) is 0 Å². The van der Waals surface area contributed by atoms with Crippen molar-refractivity contribution in [3.05, 3.63) is 23.2 Å². The minimum atomic E-state index is -0.0224. The lowest BCUT2D eigenvalue weighted by Crippen LogP contribution is -2.41. The van der Waals surface area contributed by atoms with Gasteiger partial charge in [-0.15, -0.1) is 0 Å². The summed E-state index contributed by atoms with van der Waals surface area (Å²) < 4.78 is 5.48. The topological polar surface area (TPSA) is 54.3 Å². The molecule has 0 spiro atoms. The smallest absolute Gasteiger partial charge is 0.237 e. The zero-order valence-electron chi connectivity index (χ0n) is 10.7. The lowest BCUT2D eigenvalue weighted by atomic mass is 10.1. The van der Waals surface area contributed by atoms with Crippen molar-refractivity contribution in [1.29, 1.82) is 0 Å². The molecule has 2 rings (SSSR count). The number of amides is 1. The second kappa shape index (κ2) is 4.92. The third kappa shape index (κ3) is 2.69. The SMILES string of the molecule is Cc1cc(C(C)NC(=O)[C@@H]2CCCN2)c(C)o1. The van der Waals surface area contributed by atoms with Gasteiger partial charge >= 0.3 is 0 Å². The van der Waals surface area contributed by atoms with Gasteiger partial charge in [0.05, 0.1) is 12.1 Å². The van der Waals surface area contributed by atoms with E-state index in [1.54, 1.807) is 0 Å². The summed E-state index contributed by atoms with van der Waals surface area (Å²) in [4.78, 5) is 11.9. The van der Waals surface area contributed by atoms with Crippen LogP contribution in [0.3, 0.4) is 0 Å². The molecule has 4 nitrogen and oxygen atoms in total. The van der Waals surface area contributed by atoms with Crippen LogP contribution in [0.25, 0.3) is 0 Å². The molecule has 0 aromatic carbocycles. The first-order valence-corrected chi connectivity index (χ1v) is 6.18. The molecular weight excluding hydrogens is 216 g/mol. The van der Waals surface area contributed by atoms with E-state index in [-0.39, 0.29) is 18.0 Å². The van der Waals surface area contributed by atoms with Gasteiger partial charge in [0.15, 0.2) is 0 Å². The third-order valence-electron chi connectivity index (χ3n) is 3.28. The van der Waals surface area contributed by atoms with E-state index in [2.05, 4.69) is 10.6 Å². The van der Waals surface area contributed by atoms with Crippen molar-refractivity contribution in [2.45, 2.75) is 45.7 Å². The van der Waals surface area contributed by atoms with Gasteiger partial charge in [-0.2, -0.15) is 0 Å². The summed E-state index contributed by atoms with van der Waals surface area (Å²) in [5, 5.41) is 6.23. The second-order valence-electron chi connectivity index (χ2n) is 4.75. The number of carbonyl (C=O) groups is 1. The van der Waals surface area contributed by atoms with E-state index >= 15 is 0 Å². The van der Waals surface area contributed by atoms with Crippen LogP contribution < -0.4 is 10.6 Å². The van der Waals surface area contributed by atoms with E-state index < -0.39 is 0 Å². The van der Waals surface area contributed by atoms with Gasteiger partial charge in [0, 0.05) is 5.56 Å². The number of hydrogen-bond acceptors (Lipinski definition) is 3. The van der Waals surface area contributed by atoms with Crippen LogP contribution in [-0.2, 0) is 4.79 Å². The minimum absolute atomic E-state index is 0.00218. The maximum Gasteiger partial charge on any atom is 0.237 e. The van der Waals surface area contributed by atoms with Gasteiger partial charge in [0.2, 0.25) is 5.91 Å². The quantitative estimate of drug-likeness (QED) is 0.841. The highest BCUT2D eigenvalue weighted by Gasteiger charge is 2.24. The highest BCUT2D eigenvalue weighted by molar-refractivity contribution is 5.82. The van der Waals surface area contributed by atoms with Crippen LogP contribution in [0.2, 0.25) is 0 Å². The van der Waals surface area contributed by atoms with Crippen LogP contribution in [0.1, 0.15) is 42.9 Å². The van der Waals surface area contributed by atoms with Gasteiger partial charge in [-0.3, -0.25) is 4.79 Å². The van der Waals surface area contributed by atoms with Crippen molar-refractivity contribution >= 4 is 5.91 Å². The molecule has 1 unspecified atom stereocenters. The highest BCUT2D eigenvalue weighted by atomic mass is 16.3. The van der Waals surface area contributed by atoms with Crippen molar-refractivity contribution in [1.82, 2.24) is 10.6 Å². The Morgan fingerprint density at radius 3 is 2.88 bits per heavy atom. The maximum absolute atomic E-state index is 11.9. The molecular formula is C13H20N2O2. The molecule has 94 valence electrons. The van der Waals surface area contributed by atoms with Gasteiger partial charge in [-0.05, 0) is 46.2 Å². The molecule has 1 fully saturated rings. The first kappa shape index (κ1) is 12.2. The van der Waals surface area contributed by atoms with Gasteiger partial charge in [-0.25, -0.2) is 0 Å². The van der Waals surface area contributed by atoms with E-state index in [0.717, 1.165) is 36.5 Å². The zero-order valence-corrected chi connectivity index (χ0v) is 10.7. The van der Waals surface area contributed by atoms with Gasteiger partial charge in [-0.1, -0.05) is 0 Å². The van der Waals surface area contributed by atoms with Crippen LogP contribution in [0.15, 0.2) is 10.5 Å². The maximum atomic E-state index is 11.9. The van der Waals surface area contributed by atoms with E-state index in [0.29, 0.717) is 0 Å². The van der Waals surface area contributed by atoms with Gasteiger partial charge in [0.1, 0.15) is 11.5 Å². The highest BCUT2D eigenvalue weighted by Crippen LogP contribution is 2.21. The number of furan rings is 1. The summed E-state index contributed by atoms with van der Waals surface area (Å²) in [5.41, 5.74) is 1.06. The number of carbonyl (C=O) groups excluding carboxylic acids is 1. The van der Waals surface area contributed by atoms with Crippen LogP contribution in [0.4, 0.5) is 0 Å². The van der Waals surface area contributed by atoms with Crippen molar-refractivity contribution in [3.63, 3.8) is 0 Å². The molecule has 0 bridgehead atoms. The summed E-state index contributed by atoms with van der Waals surface area (Å²) in [5.74, 6) is 1.86. The average molecular weight is 236 g/mol. The third-order valence-corrected chi connectivity index (χ3v) is 3.28. The molecule has 0 aliphatic carbocycles. The lowest BCUT2D eigenvalue weighted by Gasteiger charge is -2.16. The van der Waals surface area contributed by atoms with Gasteiger partial charge in [0.25, 0.3) is 0 Å². The Morgan fingerprint density at radius 2 is 2.35 bits per heavy atom. The Bertz CT molecular complexity index is 406. The van der Waals surface area contributed by atoms with E-state index in [9.17, 15) is 4.79 Å². The molecule has 1 aliphatic heterocycles. The first-order valence-electron chi connectivity index (χ1n) is 6.18. The number of nitrogens with one attached hydrogen (secondary N) is 2. The van der Waals surface area contributed by atoms with Crippen molar-refractivity contribution in [2.75, 3.05) is 6.54 Å². The average Bonchev–Trinajstić information content (AvgIpc) is 2.87. The fourth-order valence-electron chi connectivity index (χ4n) is 2.38. The fourth-order valence-corrected chi connectivity index (χ4v) is 2.38. The molecule has 1 aromatic rings. The summed E-state index contributed by atoms with van der Waals surface area (Å²) >= 11 is 0. The Hall–Kier alpha value is -1.29. The van der Waals surface area contributed by atoms with Gasteiger partial charge < -0.3 is 15.1 Å².